The Morgan fingerprint density at radius 2 is 2.16 bits per heavy atom. The van der Waals surface area contributed by atoms with Crippen LogP contribution in [0.3, 0.4) is 0 Å². The number of rotatable bonds is 3. The molecule has 0 bridgehead atoms. The van der Waals surface area contributed by atoms with Crippen molar-refractivity contribution in [2.45, 2.75) is 26.4 Å². The molecule has 0 N–H and O–H groups in total. The highest BCUT2D eigenvalue weighted by Gasteiger charge is 2.25. The molecule has 2 rings (SSSR count). The van der Waals surface area contributed by atoms with Crippen molar-refractivity contribution in [1.82, 2.24) is 0 Å². The van der Waals surface area contributed by atoms with Crippen molar-refractivity contribution < 1.29 is 14.3 Å². The first-order valence-corrected chi connectivity index (χ1v) is 7.31. The maximum Gasteiger partial charge on any atom is 0.265 e. The Balaban J connectivity index is 2.12. The average Bonchev–Trinajstić information content (AvgIpc) is 2.30. The van der Waals surface area contributed by atoms with Crippen LogP contribution >= 0.6 is 22.6 Å². The lowest BCUT2D eigenvalue weighted by atomic mass is 10.2. The second kappa shape index (κ2) is 5.66. The van der Waals surface area contributed by atoms with E-state index >= 15 is 0 Å². The molecular weight excluding hydrogens is 357 g/mol. The summed E-state index contributed by atoms with van der Waals surface area (Å²) in [5.74, 6) is 0.739. The van der Waals surface area contributed by atoms with Gasteiger partial charge < -0.3 is 14.4 Å². The molecule has 104 valence electrons. The highest BCUT2D eigenvalue weighted by molar-refractivity contribution is 14.1. The van der Waals surface area contributed by atoms with Crippen LogP contribution in [0.15, 0.2) is 18.2 Å². The molecule has 0 aromatic heterocycles. The van der Waals surface area contributed by atoms with Gasteiger partial charge in [-0.1, -0.05) is 0 Å². The molecular formula is C14H18INO3. The number of carbonyl (C=O) groups excluding carboxylic acids is 1. The Bertz CT molecular complexity index is 482. The fourth-order valence-corrected chi connectivity index (χ4v) is 2.34. The van der Waals surface area contributed by atoms with Crippen LogP contribution in [0.4, 0.5) is 5.69 Å². The third-order valence-corrected chi connectivity index (χ3v) is 3.38. The van der Waals surface area contributed by atoms with Crippen molar-refractivity contribution in [2.75, 3.05) is 24.7 Å². The third kappa shape index (κ3) is 3.82. The summed E-state index contributed by atoms with van der Waals surface area (Å²) in [5, 5.41) is 0. The molecule has 1 heterocycles. The van der Waals surface area contributed by atoms with E-state index in [2.05, 4.69) is 22.6 Å². The molecule has 19 heavy (non-hydrogen) atoms. The third-order valence-electron chi connectivity index (χ3n) is 2.71. The fourth-order valence-electron chi connectivity index (χ4n) is 1.86. The number of nitrogens with zero attached hydrogens (tertiary/aromatic N) is 1. The van der Waals surface area contributed by atoms with Gasteiger partial charge in [0.25, 0.3) is 5.91 Å². The molecule has 1 aliphatic heterocycles. The van der Waals surface area contributed by atoms with Crippen LogP contribution in [0, 0.1) is 3.57 Å². The van der Waals surface area contributed by atoms with Crippen LogP contribution in [-0.4, -0.2) is 31.3 Å². The standard InChI is InChI=1S/C14H18INO3/c1-14(2,3)19-7-6-16-11-8-10(15)4-5-12(11)18-9-13(16)17/h4-5,8H,6-7,9H2,1-3H3. The zero-order valence-electron chi connectivity index (χ0n) is 11.4. The van der Waals surface area contributed by atoms with Gasteiger partial charge in [0.1, 0.15) is 5.75 Å². The summed E-state index contributed by atoms with van der Waals surface area (Å²) < 4.78 is 12.2. The van der Waals surface area contributed by atoms with E-state index in [1.165, 1.54) is 0 Å². The number of ether oxygens (including phenoxy) is 2. The molecule has 0 saturated carbocycles. The predicted octanol–water partition coefficient (Wildman–Crippen LogP) is 2.83. The topological polar surface area (TPSA) is 38.8 Å². The number of fused-ring (bicyclic) bond motifs is 1. The van der Waals surface area contributed by atoms with E-state index in [-0.39, 0.29) is 18.1 Å². The van der Waals surface area contributed by atoms with E-state index in [4.69, 9.17) is 9.47 Å². The summed E-state index contributed by atoms with van der Waals surface area (Å²) in [6, 6.07) is 5.84. The van der Waals surface area contributed by atoms with Gasteiger partial charge in [0, 0.05) is 10.1 Å². The first-order chi connectivity index (χ1) is 8.87. The fraction of sp³-hybridized carbons (Fsp3) is 0.500. The van der Waals surface area contributed by atoms with Crippen LogP contribution < -0.4 is 9.64 Å². The van der Waals surface area contributed by atoms with Gasteiger partial charge in [-0.15, -0.1) is 0 Å². The number of hydrogen-bond donors (Lipinski definition) is 0. The van der Waals surface area contributed by atoms with E-state index < -0.39 is 0 Å². The van der Waals surface area contributed by atoms with Gasteiger partial charge in [-0.2, -0.15) is 0 Å². The molecule has 4 nitrogen and oxygen atoms in total. The van der Waals surface area contributed by atoms with Gasteiger partial charge in [-0.25, -0.2) is 0 Å². The predicted molar refractivity (Wildman–Crippen MR) is 82.7 cm³/mol. The number of benzene rings is 1. The second-order valence-corrected chi connectivity index (χ2v) is 6.65. The van der Waals surface area contributed by atoms with Gasteiger partial charge >= 0.3 is 0 Å². The molecule has 0 fully saturated rings. The Labute approximate surface area is 127 Å². The molecule has 0 radical (unpaired) electrons. The molecule has 1 aliphatic rings. The zero-order chi connectivity index (χ0) is 14.0. The minimum atomic E-state index is -0.191. The Hall–Kier alpha value is -0.820. The Morgan fingerprint density at radius 1 is 1.42 bits per heavy atom. The van der Waals surface area contributed by atoms with E-state index in [9.17, 15) is 4.79 Å². The average molecular weight is 375 g/mol. The van der Waals surface area contributed by atoms with Crippen LogP contribution in [0.25, 0.3) is 0 Å². The van der Waals surface area contributed by atoms with Crippen molar-refractivity contribution in [2.24, 2.45) is 0 Å². The first-order valence-electron chi connectivity index (χ1n) is 6.23. The van der Waals surface area contributed by atoms with Crippen LogP contribution in [-0.2, 0) is 9.53 Å². The van der Waals surface area contributed by atoms with Crippen molar-refractivity contribution in [3.8, 4) is 5.75 Å². The summed E-state index contributed by atoms with van der Waals surface area (Å²) in [7, 11) is 0. The minimum Gasteiger partial charge on any atom is -0.482 e. The molecule has 0 saturated heterocycles. The molecule has 0 atom stereocenters. The largest absolute Gasteiger partial charge is 0.482 e. The summed E-state index contributed by atoms with van der Waals surface area (Å²) >= 11 is 2.23. The first kappa shape index (κ1) is 14.6. The van der Waals surface area contributed by atoms with Crippen LogP contribution in [0.2, 0.25) is 0 Å². The normalized spacial score (nSPS) is 15.2. The molecule has 0 aliphatic carbocycles. The van der Waals surface area contributed by atoms with Crippen molar-refractivity contribution in [3.05, 3.63) is 21.8 Å². The number of halogens is 1. The van der Waals surface area contributed by atoms with E-state index in [1.807, 2.05) is 39.0 Å². The SMILES string of the molecule is CC(C)(C)OCCN1C(=O)COc2ccc(I)cc21. The number of carbonyl (C=O) groups is 1. The van der Waals surface area contributed by atoms with E-state index in [0.717, 1.165) is 15.0 Å². The van der Waals surface area contributed by atoms with Gasteiger partial charge in [0.15, 0.2) is 6.61 Å². The lowest BCUT2D eigenvalue weighted by molar-refractivity contribution is -0.121. The smallest absolute Gasteiger partial charge is 0.265 e. The zero-order valence-corrected chi connectivity index (χ0v) is 13.6. The van der Waals surface area contributed by atoms with Crippen molar-refractivity contribution in [3.63, 3.8) is 0 Å². The lowest BCUT2D eigenvalue weighted by Crippen LogP contribution is -2.41. The summed E-state index contributed by atoms with van der Waals surface area (Å²) in [6.07, 6.45) is 0. The van der Waals surface area contributed by atoms with Gasteiger partial charge in [0.05, 0.1) is 17.9 Å². The van der Waals surface area contributed by atoms with Gasteiger partial charge in [-0.3, -0.25) is 4.79 Å². The lowest BCUT2D eigenvalue weighted by Gasteiger charge is -2.30. The number of hydrogen-bond acceptors (Lipinski definition) is 3. The van der Waals surface area contributed by atoms with Crippen LogP contribution in [0.5, 0.6) is 5.75 Å². The maximum absolute atomic E-state index is 12.0. The van der Waals surface area contributed by atoms with Crippen molar-refractivity contribution in [1.29, 1.82) is 0 Å². The molecule has 1 amide bonds. The number of anilines is 1. The quantitative estimate of drug-likeness (QED) is 0.763. The highest BCUT2D eigenvalue weighted by Crippen LogP contribution is 2.33. The summed E-state index contributed by atoms with van der Waals surface area (Å²) in [5.41, 5.74) is 0.643. The second-order valence-electron chi connectivity index (χ2n) is 5.41. The summed E-state index contributed by atoms with van der Waals surface area (Å²) in [6.45, 7) is 7.18. The number of amides is 1. The van der Waals surface area contributed by atoms with Crippen molar-refractivity contribution >= 4 is 34.2 Å². The minimum absolute atomic E-state index is 0.0213. The highest BCUT2D eigenvalue weighted by atomic mass is 127. The molecule has 5 heteroatoms. The Kier molecular flexibility index (Phi) is 4.35. The van der Waals surface area contributed by atoms with Gasteiger partial charge in [0.2, 0.25) is 0 Å². The van der Waals surface area contributed by atoms with E-state index in [1.54, 1.807) is 4.90 Å². The van der Waals surface area contributed by atoms with E-state index in [0.29, 0.717) is 13.2 Å². The molecule has 1 aromatic carbocycles. The monoisotopic (exact) mass is 375 g/mol. The molecule has 0 unspecified atom stereocenters. The molecule has 0 spiro atoms. The van der Waals surface area contributed by atoms with Crippen LogP contribution in [0.1, 0.15) is 20.8 Å². The Morgan fingerprint density at radius 3 is 2.84 bits per heavy atom. The maximum atomic E-state index is 12.0. The van der Waals surface area contributed by atoms with Gasteiger partial charge in [-0.05, 0) is 61.6 Å². The molecule has 1 aromatic rings. The summed E-state index contributed by atoms with van der Waals surface area (Å²) in [4.78, 5) is 13.7.